The quantitative estimate of drug-likeness (QED) is 0.555. The Morgan fingerprint density at radius 2 is 2.14 bits per heavy atom. The van der Waals surface area contributed by atoms with Crippen LogP contribution in [0.1, 0.15) is 51.5 Å². The van der Waals surface area contributed by atoms with E-state index in [4.69, 9.17) is 9.73 Å². The van der Waals surface area contributed by atoms with Gasteiger partial charge in [0.05, 0.1) is 13.2 Å². The van der Waals surface area contributed by atoms with Crippen LogP contribution in [0.2, 0.25) is 0 Å². The van der Waals surface area contributed by atoms with Gasteiger partial charge >= 0.3 is 0 Å². The maximum atomic E-state index is 12.6. The van der Waals surface area contributed by atoms with Crippen LogP contribution in [0, 0.1) is 5.92 Å². The van der Waals surface area contributed by atoms with Gasteiger partial charge < -0.3 is 20.3 Å². The van der Waals surface area contributed by atoms with Crippen molar-refractivity contribution in [1.82, 2.24) is 20.5 Å². The Kier molecular flexibility index (Phi) is 7.51. The first-order valence-corrected chi connectivity index (χ1v) is 10.6. The average Bonchev–Trinajstić information content (AvgIpc) is 3.39. The van der Waals surface area contributed by atoms with Crippen molar-refractivity contribution >= 4 is 11.9 Å². The summed E-state index contributed by atoms with van der Waals surface area (Å²) in [7, 11) is 0. The molecule has 7 heteroatoms. The van der Waals surface area contributed by atoms with Crippen LogP contribution >= 0.6 is 0 Å². The maximum absolute atomic E-state index is 12.6. The van der Waals surface area contributed by atoms with Gasteiger partial charge in [0.25, 0.3) is 0 Å². The van der Waals surface area contributed by atoms with Gasteiger partial charge in [-0.1, -0.05) is 12.8 Å². The highest BCUT2D eigenvalue weighted by atomic mass is 16.5. The summed E-state index contributed by atoms with van der Waals surface area (Å²) >= 11 is 0. The van der Waals surface area contributed by atoms with Gasteiger partial charge in [0.2, 0.25) is 11.8 Å². The van der Waals surface area contributed by atoms with E-state index in [9.17, 15) is 4.79 Å². The molecule has 0 spiro atoms. The molecule has 1 saturated heterocycles. The molecule has 1 atom stereocenters. The van der Waals surface area contributed by atoms with Crippen molar-refractivity contribution < 1.29 is 9.53 Å². The summed E-state index contributed by atoms with van der Waals surface area (Å²) in [5, 5.41) is 6.81. The first-order valence-electron chi connectivity index (χ1n) is 10.6. The van der Waals surface area contributed by atoms with Crippen LogP contribution in [0.4, 0.5) is 0 Å². The molecular weight excluding hydrogens is 354 g/mol. The van der Waals surface area contributed by atoms with Crippen molar-refractivity contribution in [3.05, 3.63) is 23.9 Å². The predicted molar refractivity (Wildman–Crippen MR) is 110 cm³/mol. The Balaban J connectivity index is 1.54. The van der Waals surface area contributed by atoms with Crippen LogP contribution in [-0.2, 0) is 11.3 Å². The Bertz CT molecular complexity index is 673. The lowest BCUT2D eigenvalue weighted by atomic mass is 10.1. The normalized spacial score (nSPS) is 20.4. The molecule has 1 saturated carbocycles. The lowest BCUT2D eigenvalue weighted by molar-refractivity contribution is -0.134. The average molecular weight is 388 g/mol. The fourth-order valence-electron chi connectivity index (χ4n) is 3.97. The zero-order valence-electron chi connectivity index (χ0n) is 17.1. The first kappa shape index (κ1) is 20.4. The van der Waals surface area contributed by atoms with Gasteiger partial charge in [-0.05, 0) is 44.7 Å². The molecule has 1 unspecified atom stereocenters. The molecule has 1 aliphatic heterocycles. The summed E-state index contributed by atoms with van der Waals surface area (Å²) in [6.07, 6.45) is 7.24. The number of amides is 1. The number of rotatable bonds is 7. The lowest BCUT2D eigenvalue weighted by Crippen LogP contribution is -2.45. The smallest absolute Gasteiger partial charge is 0.225 e. The van der Waals surface area contributed by atoms with Crippen LogP contribution in [0.3, 0.4) is 0 Å². The Morgan fingerprint density at radius 3 is 2.89 bits per heavy atom. The van der Waals surface area contributed by atoms with Gasteiger partial charge in [0.1, 0.15) is 0 Å². The second-order valence-corrected chi connectivity index (χ2v) is 7.53. The van der Waals surface area contributed by atoms with Crippen LogP contribution < -0.4 is 15.4 Å². The summed E-state index contributed by atoms with van der Waals surface area (Å²) < 4.78 is 5.46. The molecule has 7 nitrogen and oxygen atoms in total. The number of nitrogens with zero attached hydrogens (tertiary/aromatic N) is 3. The molecule has 0 aromatic carbocycles. The van der Waals surface area contributed by atoms with E-state index in [1.807, 2.05) is 24.0 Å². The third-order valence-corrected chi connectivity index (χ3v) is 5.40. The number of guanidine groups is 1. The number of aromatic nitrogens is 1. The van der Waals surface area contributed by atoms with E-state index < -0.39 is 0 Å². The molecule has 0 bridgehead atoms. The van der Waals surface area contributed by atoms with Crippen molar-refractivity contribution in [1.29, 1.82) is 0 Å². The maximum Gasteiger partial charge on any atom is 0.225 e. The highest BCUT2D eigenvalue weighted by Gasteiger charge is 2.32. The van der Waals surface area contributed by atoms with Crippen molar-refractivity contribution in [2.24, 2.45) is 10.9 Å². The van der Waals surface area contributed by atoms with Crippen LogP contribution in [0.15, 0.2) is 23.3 Å². The van der Waals surface area contributed by atoms with Crippen molar-refractivity contribution in [3.8, 4) is 5.88 Å². The summed E-state index contributed by atoms with van der Waals surface area (Å²) in [6, 6.07) is 4.13. The zero-order valence-corrected chi connectivity index (χ0v) is 17.1. The number of likely N-dealkylation sites (tertiary alicyclic amines) is 1. The van der Waals surface area contributed by atoms with E-state index in [0.29, 0.717) is 24.9 Å². The molecule has 2 aliphatic rings. The molecule has 1 aromatic rings. The third-order valence-electron chi connectivity index (χ3n) is 5.40. The van der Waals surface area contributed by atoms with Crippen molar-refractivity contribution in [2.45, 2.75) is 58.5 Å². The third kappa shape index (κ3) is 5.59. The van der Waals surface area contributed by atoms with Crippen molar-refractivity contribution in [2.75, 3.05) is 26.2 Å². The number of carbonyl (C=O) groups excluding carboxylic acids is 1. The second kappa shape index (κ2) is 10.3. The second-order valence-electron chi connectivity index (χ2n) is 7.53. The first-order chi connectivity index (χ1) is 13.7. The fraction of sp³-hybridized carbons (Fsp3) is 0.667. The minimum Gasteiger partial charge on any atom is -0.478 e. The van der Waals surface area contributed by atoms with Gasteiger partial charge in [0, 0.05) is 43.9 Å². The van der Waals surface area contributed by atoms with Gasteiger partial charge in [-0.25, -0.2) is 9.98 Å². The lowest BCUT2D eigenvalue weighted by Gasteiger charge is -2.21. The van der Waals surface area contributed by atoms with E-state index in [1.54, 1.807) is 6.20 Å². The number of hydrogen-bond acceptors (Lipinski definition) is 4. The number of ether oxygens (including phenoxy) is 1. The molecule has 3 rings (SSSR count). The van der Waals surface area contributed by atoms with Gasteiger partial charge in [-0.15, -0.1) is 0 Å². The van der Waals surface area contributed by atoms with E-state index in [-0.39, 0.29) is 12.0 Å². The summed E-state index contributed by atoms with van der Waals surface area (Å²) in [5.41, 5.74) is 1.06. The van der Waals surface area contributed by atoms with Crippen LogP contribution in [0.5, 0.6) is 5.88 Å². The van der Waals surface area contributed by atoms with Gasteiger partial charge in [0.15, 0.2) is 5.96 Å². The molecule has 0 radical (unpaired) electrons. The molecule has 2 fully saturated rings. The number of nitrogens with one attached hydrogen (secondary N) is 2. The van der Waals surface area contributed by atoms with Crippen LogP contribution in [-0.4, -0.2) is 54.0 Å². The molecule has 1 aliphatic carbocycles. The van der Waals surface area contributed by atoms with Gasteiger partial charge in [-0.3, -0.25) is 4.79 Å². The van der Waals surface area contributed by atoms with E-state index in [0.717, 1.165) is 50.4 Å². The van der Waals surface area contributed by atoms with E-state index in [2.05, 4.69) is 22.5 Å². The minimum absolute atomic E-state index is 0.250. The molecule has 154 valence electrons. The summed E-state index contributed by atoms with van der Waals surface area (Å²) in [5.74, 6) is 2.03. The minimum atomic E-state index is 0.250. The summed E-state index contributed by atoms with van der Waals surface area (Å²) in [6.45, 7) is 7.56. The highest BCUT2D eigenvalue weighted by molar-refractivity contribution is 5.81. The molecular formula is C21H33N5O2. The number of pyridine rings is 1. The number of aliphatic imine (C=N–C) groups is 1. The number of carbonyl (C=O) groups is 1. The van der Waals surface area contributed by atoms with Gasteiger partial charge in [-0.2, -0.15) is 0 Å². The number of hydrogen-bond donors (Lipinski definition) is 2. The van der Waals surface area contributed by atoms with Crippen LogP contribution in [0.25, 0.3) is 0 Å². The predicted octanol–water partition coefficient (Wildman–Crippen LogP) is 2.33. The van der Waals surface area contributed by atoms with E-state index >= 15 is 0 Å². The molecule has 1 aromatic heterocycles. The molecule has 2 heterocycles. The monoisotopic (exact) mass is 387 g/mol. The SMILES string of the molecule is CCNC(=NCc1ccnc(OCC)c1)NC1CCN(C(=O)C2CCCC2)C1. The van der Waals surface area contributed by atoms with E-state index in [1.165, 1.54) is 12.8 Å². The highest BCUT2D eigenvalue weighted by Crippen LogP contribution is 2.27. The Morgan fingerprint density at radius 1 is 1.32 bits per heavy atom. The summed E-state index contributed by atoms with van der Waals surface area (Å²) in [4.78, 5) is 23.6. The standard InChI is InChI=1S/C21H33N5O2/c1-3-22-21(24-14-16-9-11-23-19(13-16)28-4-2)25-18-10-12-26(15-18)20(27)17-7-5-6-8-17/h9,11,13,17-18H,3-8,10,12,14-15H2,1-2H3,(H2,22,24,25). The van der Waals surface area contributed by atoms with Crippen molar-refractivity contribution in [3.63, 3.8) is 0 Å². The Labute approximate surface area is 168 Å². The zero-order chi connectivity index (χ0) is 19.8. The Hall–Kier alpha value is -2.31. The molecule has 1 amide bonds. The molecule has 28 heavy (non-hydrogen) atoms. The fourth-order valence-corrected chi connectivity index (χ4v) is 3.97. The molecule has 2 N–H and O–H groups in total. The topological polar surface area (TPSA) is 78.9 Å². The largest absolute Gasteiger partial charge is 0.478 e.